The summed E-state index contributed by atoms with van der Waals surface area (Å²) in [5.41, 5.74) is 5.06. The van der Waals surface area contributed by atoms with E-state index in [1.54, 1.807) is 0 Å². The van der Waals surface area contributed by atoms with Gasteiger partial charge in [-0.2, -0.15) is 0 Å². The maximum atomic E-state index is 12.2. The number of rotatable bonds is 7. The molecular formula is C23H29NO3. The molecule has 0 fully saturated rings. The molecule has 3 rings (SSSR count). The van der Waals surface area contributed by atoms with Crippen molar-refractivity contribution in [1.29, 1.82) is 0 Å². The summed E-state index contributed by atoms with van der Waals surface area (Å²) in [6, 6.07) is 12.1. The fourth-order valence-electron chi connectivity index (χ4n) is 3.41. The number of fused-ring (bicyclic) bond motifs is 1. The van der Waals surface area contributed by atoms with Crippen molar-refractivity contribution in [3.8, 4) is 11.5 Å². The van der Waals surface area contributed by atoms with Gasteiger partial charge in [0.15, 0.2) is 6.61 Å². The van der Waals surface area contributed by atoms with Crippen LogP contribution in [0.15, 0.2) is 36.4 Å². The normalized spacial score (nSPS) is 14.2. The number of hydrogen-bond donors (Lipinski definition) is 1. The summed E-state index contributed by atoms with van der Waals surface area (Å²) < 4.78 is 11.6. The number of hydrogen-bond acceptors (Lipinski definition) is 3. The summed E-state index contributed by atoms with van der Waals surface area (Å²) in [5.74, 6) is 1.55. The van der Waals surface area contributed by atoms with Crippen LogP contribution in [0.4, 0.5) is 0 Å². The second-order valence-corrected chi connectivity index (χ2v) is 7.42. The zero-order valence-corrected chi connectivity index (χ0v) is 16.5. The van der Waals surface area contributed by atoms with E-state index in [4.69, 9.17) is 9.47 Å². The van der Waals surface area contributed by atoms with Crippen molar-refractivity contribution in [2.24, 2.45) is 0 Å². The molecule has 0 aliphatic heterocycles. The van der Waals surface area contributed by atoms with E-state index < -0.39 is 0 Å². The molecule has 1 aliphatic carbocycles. The summed E-state index contributed by atoms with van der Waals surface area (Å²) >= 11 is 0. The topological polar surface area (TPSA) is 47.6 Å². The first-order valence-corrected chi connectivity index (χ1v) is 9.76. The minimum absolute atomic E-state index is 0.0322. The number of carbonyl (C=O) groups is 1. The van der Waals surface area contributed by atoms with Gasteiger partial charge in [-0.15, -0.1) is 0 Å². The summed E-state index contributed by atoms with van der Waals surface area (Å²) in [7, 11) is 0. The van der Waals surface area contributed by atoms with Crippen LogP contribution < -0.4 is 14.8 Å². The fraction of sp³-hybridized carbons (Fsp3) is 0.435. The van der Waals surface area contributed by atoms with E-state index in [0.717, 1.165) is 24.3 Å². The van der Waals surface area contributed by atoms with Gasteiger partial charge in [0.05, 0.1) is 6.04 Å². The Labute approximate surface area is 161 Å². The third-order valence-corrected chi connectivity index (χ3v) is 5.10. The maximum absolute atomic E-state index is 12.2. The SMILES string of the molecule is Cc1ccc(OCC(C)NC(=O)COc2cccc3c2CCCC3)cc1C. The van der Waals surface area contributed by atoms with E-state index in [2.05, 4.69) is 25.2 Å². The van der Waals surface area contributed by atoms with Crippen molar-refractivity contribution >= 4 is 5.91 Å². The predicted octanol–water partition coefficient (Wildman–Crippen LogP) is 4.14. The number of nitrogens with one attached hydrogen (secondary N) is 1. The van der Waals surface area contributed by atoms with Crippen molar-refractivity contribution < 1.29 is 14.3 Å². The van der Waals surface area contributed by atoms with E-state index in [-0.39, 0.29) is 18.6 Å². The van der Waals surface area contributed by atoms with Crippen LogP contribution in [0.3, 0.4) is 0 Å². The molecule has 144 valence electrons. The Morgan fingerprint density at radius 2 is 1.89 bits per heavy atom. The zero-order valence-electron chi connectivity index (χ0n) is 16.5. The van der Waals surface area contributed by atoms with Crippen LogP contribution in [-0.2, 0) is 17.6 Å². The van der Waals surface area contributed by atoms with Crippen LogP contribution in [-0.4, -0.2) is 25.2 Å². The smallest absolute Gasteiger partial charge is 0.258 e. The Balaban J connectivity index is 1.45. The minimum Gasteiger partial charge on any atom is -0.491 e. The molecule has 27 heavy (non-hydrogen) atoms. The average molecular weight is 367 g/mol. The fourth-order valence-corrected chi connectivity index (χ4v) is 3.41. The van der Waals surface area contributed by atoms with Gasteiger partial charge in [0.25, 0.3) is 5.91 Å². The molecule has 1 amide bonds. The molecule has 2 aromatic carbocycles. The highest BCUT2D eigenvalue weighted by Gasteiger charge is 2.15. The molecular weight excluding hydrogens is 338 g/mol. The molecule has 4 nitrogen and oxygen atoms in total. The monoisotopic (exact) mass is 367 g/mol. The van der Waals surface area contributed by atoms with Gasteiger partial charge in [-0.25, -0.2) is 0 Å². The van der Waals surface area contributed by atoms with E-state index in [0.29, 0.717) is 6.61 Å². The first-order chi connectivity index (χ1) is 13.0. The molecule has 1 aliphatic rings. The van der Waals surface area contributed by atoms with Crippen LogP contribution in [0.25, 0.3) is 0 Å². The molecule has 0 aromatic heterocycles. The van der Waals surface area contributed by atoms with Crippen LogP contribution in [0.1, 0.15) is 42.0 Å². The molecule has 0 bridgehead atoms. The lowest BCUT2D eigenvalue weighted by Gasteiger charge is -2.20. The molecule has 0 heterocycles. The summed E-state index contributed by atoms with van der Waals surface area (Å²) in [5, 5.41) is 2.94. The van der Waals surface area contributed by atoms with Crippen molar-refractivity contribution in [1.82, 2.24) is 5.32 Å². The zero-order chi connectivity index (χ0) is 19.2. The van der Waals surface area contributed by atoms with Crippen molar-refractivity contribution in [3.63, 3.8) is 0 Å². The first kappa shape index (κ1) is 19.3. The third kappa shape index (κ3) is 5.25. The van der Waals surface area contributed by atoms with Crippen molar-refractivity contribution in [2.75, 3.05) is 13.2 Å². The summed E-state index contributed by atoms with van der Waals surface area (Å²) in [4.78, 5) is 12.2. The average Bonchev–Trinajstić information content (AvgIpc) is 2.67. The molecule has 0 radical (unpaired) electrons. The summed E-state index contributed by atoms with van der Waals surface area (Å²) in [6.45, 7) is 6.53. The van der Waals surface area contributed by atoms with Gasteiger partial charge < -0.3 is 14.8 Å². The number of ether oxygens (including phenoxy) is 2. The van der Waals surface area contributed by atoms with Gasteiger partial charge in [-0.1, -0.05) is 18.2 Å². The second kappa shape index (κ2) is 8.94. The van der Waals surface area contributed by atoms with Gasteiger partial charge in [-0.05, 0) is 86.9 Å². The van der Waals surface area contributed by atoms with Crippen LogP contribution in [0, 0.1) is 13.8 Å². The third-order valence-electron chi connectivity index (χ3n) is 5.10. The van der Waals surface area contributed by atoms with Gasteiger partial charge in [0, 0.05) is 0 Å². The number of amides is 1. The van der Waals surface area contributed by atoms with E-state index >= 15 is 0 Å². The lowest BCUT2D eigenvalue weighted by Crippen LogP contribution is -2.39. The predicted molar refractivity (Wildman–Crippen MR) is 108 cm³/mol. The number of benzene rings is 2. The number of aryl methyl sites for hydroxylation is 3. The Morgan fingerprint density at radius 1 is 1.07 bits per heavy atom. The molecule has 4 heteroatoms. The highest BCUT2D eigenvalue weighted by Crippen LogP contribution is 2.29. The molecule has 1 N–H and O–H groups in total. The number of carbonyl (C=O) groups excluding carboxylic acids is 1. The Morgan fingerprint density at radius 3 is 2.70 bits per heavy atom. The first-order valence-electron chi connectivity index (χ1n) is 9.76. The van der Waals surface area contributed by atoms with E-state index in [9.17, 15) is 4.79 Å². The largest absolute Gasteiger partial charge is 0.491 e. The van der Waals surface area contributed by atoms with E-state index in [1.807, 2.05) is 37.3 Å². The Hall–Kier alpha value is -2.49. The second-order valence-electron chi connectivity index (χ2n) is 7.42. The van der Waals surface area contributed by atoms with Gasteiger partial charge >= 0.3 is 0 Å². The van der Waals surface area contributed by atoms with Crippen molar-refractivity contribution in [2.45, 2.75) is 52.5 Å². The lowest BCUT2D eigenvalue weighted by molar-refractivity contribution is -0.123. The minimum atomic E-state index is -0.125. The molecule has 0 spiro atoms. The van der Waals surface area contributed by atoms with E-state index in [1.165, 1.54) is 35.1 Å². The molecule has 0 saturated carbocycles. The van der Waals surface area contributed by atoms with Crippen LogP contribution in [0.2, 0.25) is 0 Å². The van der Waals surface area contributed by atoms with Crippen LogP contribution >= 0.6 is 0 Å². The standard InChI is InChI=1S/C23H29NO3/c1-16-11-12-20(13-17(16)2)26-14-18(3)24-23(25)15-27-22-10-6-8-19-7-4-5-9-21(19)22/h6,8,10-13,18H,4-5,7,9,14-15H2,1-3H3,(H,24,25). The van der Waals surface area contributed by atoms with Gasteiger partial charge in [0.1, 0.15) is 18.1 Å². The van der Waals surface area contributed by atoms with Gasteiger partial charge in [0.2, 0.25) is 0 Å². The summed E-state index contributed by atoms with van der Waals surface area (Å²) in [6.07, 6.45) is 4.56. The Bertz CT molecular complexity index is 800. The molecule has 0 saturated heterocycles. The lowest BCUT2D eigenvalue weighted by atomic mass is 9.91. The Kier molecular flexibility index (Phi) is 6.38. The van der Waals surface area contributed by atoms with Crippen molar-refractivity contribution in [3.05, 3.63) is 58.7 Å². The van der Waals surface area contributed by atoms with Crippen LogP contribution in [0.5, 0.6) is 11.5 Å². The highest BCUT2D eigenvalue weighted by molar-refractivity contribution is 5.77. The van der Waals surface area contributed by atoms with Gasteiger partial charge in [-0.3, -0.25) is 4.79 Å². The molecule has 2 aromatic rings. The highest BCUT2D eigenvalue weighted by atomic mass is 16.5. The molecule has 1 atom stereocenters. The molecule has 1 unspecified atom stereocenters. The maximum Gasteiger partial charge on any atom is 0.258 e. The quantitative estimate of drug-likeness (QED) is 0.800.